The van der Waals surface area contributed by atoms with Gasteiger partial charge in [-0.25, -0.2) is 0 Å². The molecular formula is C56H108O8U. The summed E-state index contributed by atoms with van der Waals surface area (Å²) in [5.74, 6) is -3.63. The van der Waals surface area contributed by atoms with Crippen molar-refractivity contribution in [2.45, 2.75) is 336 Å². The van der Waals surface area contributed by atoms with Gasteiger partial charge in [0.05, 0.1) is 0 Å². The average Bonchev–Trinajstić information content (AvgIpc) is 3.26. The Morgan fingerprint density at radius 3 is 0.385 bits per heavy atom. The fourth-order valence-electron chi connectivity index (χ4n) is 7.73. The van der Waals surface area contributed by atoms with E-state index < -0.39 is 23.9 Å². The zero-order valence-electron chi connectivity index (χ0n) is 43.7. The molecule has 9 heteroatoms. The normalized spacial score (nSPS) is 10.4. The van der Waals surface area contributed by atoms with Gasteiger partial charge < -0.3 is 39.6 Å². The SMILES string of the molecule is CCCCCCCCCCCCCC(=O)[O-].CCCCCCCCCCCCCC(=O)[O-].CCCCCCCCCCCCCC(=O)[O-].CCCCCCCCCCCCCC(=O)[O-].[U+4]. The van der Waals surface area contributed by atoms with Gasteiger partial charge in [0, 0.05) is 23.9 Å². The molecule has 0 N–H and O–H groups in total. The molecule has 0 heterocycles. The van der Waals surface area contributed by atoms with Crippen LogP contribution in [0, 0.1) is 31.1 Å². The molecule has 0 aliphatic rings. The maximum atomic E-state index is 10.1. The van der Waals surface area contributed by atoms with E-state index in [4.69, 9.17) is 0 Å². The van der Waals surface area contributed by atoms with Crippen LogP contribution in [0.25, 0.3) is 0 Å². The molecule has 0 saturated heterocycles. The third kappa shape index (κ3) is 90.1. The number of hydrogen-bond donors (Lipinski definition) is 0. The van der Waals surface area contributed by atoms with Crippen LogP contribution in [0.2, 0.25) is 0 Å². The molecule has 0 amide bonds. The number of rotatable bonds is 48. The predicted octanol–water partition coefficient (Wildman–Crippen LogP) is 13.7. The van der Waals surface area contributed by atoms with Crippen molar-refractivity contribution in [2.24, 2.45) is 0 Å². The molecule has 0 spiro atoms. The number of carboxylic acids is 4. The maximum absolute atomic E-state index is 10.1. The van der Waals surface area contributed by atoms with Gasteiger partial charge in [-0.3, -0.25) is 0 Å². The summed E-state index contributed by atoms with van der Waals surface area (Å²) in [6.07, 6.45) is 56.1. The van der Waals surface area contributed by atoms with Gasteiger partial charge in [-0.2, -0.15) is 0 Å². The summed E-state index contributed by atoms with van der Waals surface area (Å²) in [5.41, 5.74) is 0. The Kier molecular flexibility index (Phi) is 78.0. The standard InChI is InChI=1S/4C14H28O2.U/c4*1-2-3-4-5-6-7-8-9-10-11-12-13-14(15)16;/h4*2-13H2,1H3,(H,15,16);/q;;;;+4/p-4. The molecule has 0 rings (SSSR count). The van der Waals surface area contributed by atoms with Crippen molar-refractivity contribution < 1.29 is 70.7 Å². The van der Waals surface area contributed by atoms with Crippen LogP contribution in [-0.2, 0) is 19.2 Å². The Hall–Kier alpha value is -1.07. The molecule has 0 aliphatic heterocycles. The quantitative estimate of drug-likeness (QED) is 0.0544. The zero-order chi connectivity index (χ0) is 48.3. The van der Waals surface area contributed by atoms with Gasteiger partial charge in [0.2, 0.25) is 0 Å². The van der Waals surface area contributed by atoms with E-state index in [1.165, 1.54) is 231 Å². The van der Waals surface area contributed by atoms with Crippen LogP contribution in [0.4, 0.5) is 0 Å². The van der Waals surface area contributed by atoms with Crippen molar-refractivity contribution in [3.63, 3.8) is 0 Å². The summed E-state index contributed by atoms with van der Waals surface area (Å²) in [5, 5.41) is 40.6. The number of carboxylic acid groups (broad SMARTS) is 4. The van der Waals surface area contributed by atoms with Gasteiger partial charge >= 0.3 is 31.1 Å². The Morgan fingerprint density at radius 2 is 0.292 bits per heavy atom. The van der Waals surface area contributed by atoms with Gasteiger partial charge in [-0.1, -0.05) is 285 Å². The molecule has 384 valence electrons. The van der Waals surface area contributed by atoms with Crippen LogP contribution in [0.15, 0.2) is 0 Å². The van der Waals surface area contributed by atoms with Crippen LogP contribution in [-0.4, -0.2) is 23.9 Å². The molecule has 0 atom stereocenters. The number of hydrogen-bond acceptors (Lipinski definition) is 8. The first-order valence-electron chi connectivity index (χ1n) is 27.9. The summed E-state index contributed by atoms with van der Waals surface area (Å²) >= 11 is 0. The van der Waals surface area contributed by atoms with Gasteiger partial charge in [0.25, 0.3) is 0 Å². The third-order valence-corrected chi connectivity index (χ3v) is 11.9. The molecule has 0 radical (unpaired) electrons. The Bertz CT molecular complexity index is 771. The van der Waals surface area contributed by atoms with Gasteiger partial charge in [-0.05, 0) is 51.4 Å². The van der Waals surface area contributed by atoms with E-state index in [2.05, 4.69) is 27.7 Å². The van der Waals surface area contributed by atoms with Crippen LogP contribution in [0.1, 0.15) is 336 Å². The van der Waals surface area contributed by atoms with Crippen molar-refractivity contribution in [2.75, 3.05) is 0 Å². The monoisotopic (exact) mass is 1150 g/mol. The van der Waals surface area contributed by atoms with Gasteiger partial charge in [0.1, 0.15) is 0 Å². The molecule has 0 saturated carbocycles. The van der Waals surface area contributed by atoms with Crippen molar-refractivity contribution >= 4 is 23.9 Å². The number of carbonyl (C=O) groups is 4. The van der Waals surface area contributed by atoms with Crippen molar-refractivity contribution in [1.29, 1.82) is 0 Å². The van der Waals surface area contributed by atoms with Gasteiger partial charge in [0.15, 0.2) is 0 Å². The second-order valence-electron chi connectivity index (χ2n) is 18.6. The average molecular weight is 1150 g/mol. The first kappa shape index (κ1) is 72.9. The topological polar surface area (TPSA) is 161 Å². The molecule has 8 nitrogen and oxygen atoms in total. The molecular weight excluding hydrogens is 1040 g/mol. The van der Waals surface area contributed by atoms with E-state index >= 15 is 0 Å². The number of aliphatic carboxylic acids is 4. The summed E-state index contributed by atoms with van der Waals surface area (Å²) < 4.78 is 0. The first-order chi connectivity index (χ1) is 31.1. The minimum atomic E-state index is -0.907. The molecule has 0 aromatic carbocycles. The smallest absolute Gasteiger partial charge is 0.550 e. The van der Waals surface area contributed by atoms with Gasteiger partial charge in [-0.15, -0.1) is 0 Å². The minimum Gasteiger partial charge on any atom is -0.550 e. The van der Waals surface area contributed by atoms with Crippen LogP contribution < -0.4 is 20.4 Å². The second-order valence-corrected chi connectivity index (χ2v) is 18.6. The second kappa shape index (κ2) is 69.5. The molecule has 0 fully saturated rings. The Balaban J connectivity index is -0.000000245. The van der Waals surface area contributed by atoms with Crippen LogP contribution >= 0.6 is 0 Å². The fourth-order valence-corrected chi connectivity index (χ4v) is 7.73. The molecule has 0 unspecified atom stereocenters. The molecule has 0 aromatic rings. The zero-order valence-corrected chi connectivity index (χ0v) is 47.9. The van der Waals surface area contributed by atoms with E-state index in [-0.39, 0.29) is 56.8 Å². The summed E-state index contributed by atoms with van der Waals surface area (Å²) in [6, 6.07) is 0. The van der Waals surface area contributed by atoms with Crippen molar-refractivity contribution in [3.8, 4) is 0 Å². The van der Waals surface area contributed by atoms with Crippen LogP contribution in [0.3, 0.4) is 0 Å². The Labute approximate surface area is 428 Å². The maximum Gasteiger partial charge on any atom is 4.00 e. The minimum absolute atomic E-state index is 0. The number of unbranched alkanes of at least 4 members (excludes halogenated alkanes) is 40. The predicted molar refractivity (Wildman–Crippen MR) is 264 cm³/mol. The third-order valence-electron chi connectivity index (χ3n) is 11.9. The fraction of sp³-hybridized carbons (Fsp3) is 0.929. The van der Waals surface area contributed by atoms with E-state index in [1.54, 1.807) is 0 Å². The molecule has 0 aromatic heterocycles. The molecule has 65 heavy (non-hydrogen) atoms. The van der Waals surface area contributed by atoms with Crippen LogP contribution in [0.5, 0.6) is 0 Å². The first-order valence-corrected chi connectivity index (χ1v) is 27.9. The summed E-state index contributed by atoms with van der Waals surface area (Å²) in [7, 11) is 0. The number of carbonyl (C=O) groups excluding carboxylic acids is 4. The summed E-state index contributed by atoms with van der Waals surface area (Å²) in [6.45, 7) is 8.97. The largest absolute Gasteiger partial charge is 4.00 e. The van der Waals surface area contributed by atoms with E-state index in [1.807, 2.05) is 0 Å². The molecule has 0 aliphatic carbocycles. The van der Waals surface area contributed by atoms with E-state index in [0.29, 0.717) is 0 Å². The van der Waals surface area contributed by atoms with E-state index in [9.17, 15) is 39.6 Å². The Morgan fingerprint density at radius 1 is 0.200 bits per heavy atom. The van der Waals surface area contributed by atoms with E-state index in [0.717, 1.165) is 51.4 Å². The summed E-state index contributed by atoms with van der Waals surface area (Å²) in [4.78, 5) is 40.6. The molecule has 0 bridgehead atoms. The van der Waals surface area contributed by atoms with Crippen molar-refractivity contribution in [1.82, 2.24) is 0 Å². The van der Waals surface area contributed by atoms with Crippen molar-refractivity contribution in [3.05, 3.63) is 0 Å².